The lowest BCUT2D eigenvalue weighted by Crippen LogP contribution is -2.43. The summed E-state index contributed by atoms with van der Waals surface area (Å²) in [4.78, 5) is 23.0. The smallest absolute Gasteiger partial charge is 0.410 e. The number of hydrogen-bond donors (Lipinski definition) is 2. The summed E-state index contributed by atoms with van der Waals surface area (Å²) in [5.74, 6) is 1.91. The molecular formula is C31H41BrN6O3. The predicted octanol–water partition coefficient (Wildman–Crippen LogP) is 7.75. The minimum Gasteiger partial charge on any atom is -0.489 e. The molecule has 2 aromatic rings. The summed E-state index contributed by atoms with van der Waals surface area (Å²) in [6, 6.07) is 7.76. The minimum atomic E-state index is -0.507. The van der Waals surface area contributed by atoms with Gasteiger partial charge in [0.25, 0.3) is 0 Å². The number of ether oxygens (including phenoxy) is 2. The number of nitrogens with one attached hydrogen (secondary N) is 2. The maximum absolute atomic E-state index is 12.4. The number of likely N-dealkylation sites (tertiary alicyclic amines) is 1. The first-order valence-corrected chi connectivity index (χ1v) is 14.7. The van der Waals surface area contributed by atoms with E-state index >= 15 is 0 Å². The van der Waals surface area contributed by atoms with Gasteiger partial charge in [-0.3, -0.25) is 5.10 Å². The summed E-state index contributed by atoms with van der Waals surface area (Å²) in [7, 11) is 0. The molecule has 1 amide bonds. The van der Waals surface area contributed by atoms with Crippen LogP contribution in [0.3, 0.4) is 0 Å². The van der Waals surface area contributed by atoms with Crippen molar-refractivity contribution in [3.63, 3.8) is 0 Å². The number of aliphatic imine (C=N–C) groups is 1. The Morgan fingerprint density at radius 3 is 2.44 bits per heavy atom. The molecule has 2 N–H and O–H groups in total. The number of anilines is 1. The molecule has 1 fully saturated rings. The van der Waals surface area contributed by atoms with Crippen molar-refractivity contribution in [2.24, 2.45) is 4.99 Å². The number of rotatable bonds is 6. The van der Waals surface area contributed by atoms with E-state index in [1.165, 1.54) is 12.7 Å². The Labute approximate surface area is 251 Å². The van der Waals surface area contributed by atoms with Gasteiger partial charge in [-0.1, -0.05) is 32.9 Å². The monoisotopic (exact) mass is 624 g/mol. The number of aromatic amines is 1. The van der Waals surface area contributed by atoms with Gasteiger partial charge in [-0.2, -0.15) is 5.10 Å². The van der Waals surface area contributed by atoms with E-state index in [0.717, 1.165) is 39.9 Å². The number of allylic oxidation sites excluding steroid dienone is 5. The van der Waals surface area contributed by atoms with E-state index in [9.17, 15) is 4.79 Å². The quantitative estimate of drug-likeness (QED) is 0.340. The lowest BCUT2D eigenvalue weighted by molar-refractivity contribution is 0.00549. The van der Waals surface area contributed by atoms with Crippen molar-refractivity contribution < 1.29 is 14.3 Å². The van der Waals surface area contributed by atoms with E-state index < -0.39 is 5.60 Å². The van der Waals surface area contributed by atoms with Crippen molar-refractivity contribution in [3.8, 4) is 11.4 Å². The average Bonchev–Trinajstić information content (AvgIpc) is 3.46. The molecular weight excluding hydrogens is 584 g/mol. The predicted molar refractivity (Wildman–Crippen MR) is 169 cm³/mol. The number of nitrogens with zero attached hydrogens (tertiary/aromatic N) is 4. The van der Waals surface area contributed by atoms with Crippen molar-refractivity contribution in [1.82, 2.24) is 20.1 Å². The highest BCUT2D eigenvalue weighted by molar-refractivity contribution is 9.12. The molecule has 0 bridgehead atoms. The molecule has 0 atom stereocenters. The van der Waals surface area contributed by atoms with Gasteiger partial charge in [0.2, 0.25) is 0 Å². The lowest BCUT2D eigenvalue weighted by Gasteiger charge is -2.34. The van der Waals surface area contributed by atoms with E-state index in [1.807, 2.05) is 70.2 Å². The van der Waals surface area contributed by atoms with Gasteiger partial charge in [-0.15, -0.1) is 0 Å². The molecule has 2 aliphatic rings. The highest BCUT2D eigenvalue weighted by Gasteiger charge is 2.29. The topological polar surface area (TPSA) is 105 Å². The van der Waals surface area contributed by atoms with Gasteiger partial charge in [0.15, 0.2) is 5.82 Å². The average molecular weight is 626 g/mol. The Balaban J connectivity index is 0.00000147. The summed E-state index contributed by atoms with van der Waals surface area (Å²) >= 11 is 3.64. The lowest BCUT2D eigenvalue weighted by atomic mass is 10.0. The Bertz CT molecular complexity index is 1300. The third kappa shape index (κ3) is 9.74. The molecule has 9 nitrogen and oxygen atoms in total. The summed E-state index contributed by atoms with van der Waals surface area (Å²) in [5.41, 5.74) is 2.98. The molecule has 1 aromatic carbocycles. The Hall–Kier alpha value is -3.66. The number of aromatic nitrogens is 3. The van der Waals surface area contributed by atoms with Crippen LogP contribution in [0, 0.1) is 0 Å². The Morgan fingerprint density at radius 2 is 1.88 bits per heavy atom. The number of carbonyl (C=O) groups is 1. The fourth-order valence-corrected chi connectivity index (χ4v) is 4.49. The second kappa shape index (κ2) is 14.8. The normalized spacial score (nSPS) is 17.8. The fraction of sp³-hybridized carbons (Fsp3) is 0.419. The molecule has 1 aliphatic heterocycles. The zero-order chi connectivity index (χ0) is 30.0. The number of carbonyl (C=O) groups excluding carboxylic acids is 1. The summed E-state index contributed by atoms with van der Waals surface area (Å²) in [5, 5.41) is 9.98. The van der Waals surface area contributed by atoms with Crippen molar-refractivity contribution >= 4 is 33.4 Å². The first kappa shape index (κ1) is 31.9. The van der Waals surface area contributed by atoms with Gasteiger partial charge in [0.05, 0.1) is 10.2 Å². The van der Waals surface area contributed by atoms with Crippen molar-refractivity contribution in [2.45, 2.75) is 72.5 Å². The third-order valence-electron chi connectivity index (χ3n) is 5.90. The molecule has 1 saturated heterocycles. The van der Waals surface area contributed by atoms with E-state index in [-0.39, 0.29) is 12.2 Å². The highest BCUT2D eigenvalue weighted by Crippen LogP contribution is 2.30. The minimum absolute atomic E-state index is 0.0153. The van der Waals surface area contributed by atoms with Crippen LogP contribution < -0.4 is 5.32 Å². The fourth-order valence-electron chi connectivity index (χ4n) is 4.03. The van der Waals surface area contributed by atoms with Crippen LogP contribution in [0.15, 0.2) is 82.0 Å². The maximum Gasteiger partial charge on any atom is 0.410 e. The number of H-pyrrole nitrogens is 1. The van der Waals surface area contributed by atoms with Gasteiger partial charge < -0.3 is 19.7 Å². The Morgan fingerprint density at radius 1 is 1.22 bits per heavy atom. The largest absolute Gasteiger partial charge is 0.489 e. The van der Waals surface area contributed by atoms with Gasteiger partial charge in [0.1, 0.15) is 29.6 Å². The number of benzene rings is 1. The second-order valence-corrected chi connectivity index (χ2v) is 11.6. The van der Waals surface area contributed by atoms with E-state index in [0.29, 0.717) is 30.5 Å². The molecule has 1 aromatic heterocycles. The zero-order valence-corrected chi connectivity index (χ0v) is 26.4. The summed E-state index contributed by atoms with van der Waals surface area (Å²) < 4.78 is 12.7. The third-order valence-corrected chi connectivity index (χ3v) is 6.52. The van der Waals surface area contributed by atoms with E-state index in [1.54, 1.807) is 4.90 Å². The number of piperidine rings is 1. The van der Waals surface area contributed by atoms with Crippen LogP contribution in [0.2, 0.25) is 0 Å². The molecule has 1 aliphatic carbocycles. The molecule has 0 radical (unpaired) electrons. The zero-order valence-electron chi connectivity index (χ0n) is 24.8. The van der Waals surface area contributed by atoms with Gasteiger partial charge in [0, 0.05) is 43.3 Å². The molecule has 0 unspecified atom stereocenters. The van der Waals surface area contributed by atoms with Crippen LogP contribution in [-0.2, 0) is 9.47 Å². The maximum atomic E-state index is 12.4. The van der Waals surface area contributed by atoms with Crippen LogP contribution >= 0.6 is 15.9 Å². The number of amides is 1. The molecule has 0 spiro atoms. The standard InChI is InChI=1S/C28H33BrN6O3.C3H8/c1-6-19-15-23(29)25(37-22-11-13-35(14-12-22)27(36)38-28(3,4)5)16-24(19)33-18(2)32-21-9-7-20(8-10-21)26-30-17-31-34-26;1-3-2/h6-10,15-17,22,32H,2,11-14H2,1,3-5H3,(H,30,31,34);3H2,1-2H3/b19-6-,33-24-;. The van der Waals surface area contributed by atoms with Gasteiger partial charge in [-0.25, -0.2) is 14.8 Å². The van der Waals surface area contributed by atoms with Crippen LogP contribution in [-0.4, -0.2) is 56.7 Å². The van der Waals surface area contributed by atoms with Crippen LogP contribution in [0.1, 0.15) is 60.8 Å². The van der Waals surface area contributed by atoms with Crippen molar-refractivity contribution in [1.29, 1.82) is 0 Å². The molecule has 2 heterocycles. The van der Waals surface area contributed by atoms with Crippen molar-refractivity contribution in [2.75, 3.05) is 18.4 Å². The molecule has 4 rings (SSSR count). The molecule has 10 heteroatoms. The number of hydrogen-bond acceptors (Lipinski definition) is 7. The summed E-state index contributed by atoms with van der Waals surface area (Å²) in [6.07, 6.45) is 9.78. The highest BCUT2D eigenvalue weighted by atomic mass is 79.9. The SMILES string of the molecule is C=C(/N=C1/C=C(OC2CCN(C(=O)OC(C)(C)C)CC2)C(Br)=C/C1=C/C)Nc1ccc(-c2ncn[nH]2)cc1.CCC. The van der Waals surface area contributed by atoms with Gasteiger partial charge in [-0.05, 0) is 79.5 Å². The first-order valence-electron chi connectivity index (χ1n) is 13.9. The summed E-state index contributed by atoms with van der Waals surface area (Å²) in [6.45, 7) is 17.1. The molecule has 41 heavy (non-hydrogen) atoms. The van der Waals surface area contributed by atoms with E-state index in [2.05, 4.69) is 56.9 Å². The van der Waals surface area contributed by atoms with E-state index in [4.69, 9.17) is 14.5 Å². The molecule has 0 saturated carbocycles. The van der Waals surface area contributed by atoms with Crippen LogP contribution in [0.25, 0.3) is 11.4 Å². The molecule has 220 valence electrons. The van der Waals surface area contributed by atoms with Crippen LogP contribution in [0.5, 0.6) is 0 Å². The van der Waals surface area contributed by atoms with Crippen molar-refractivity contribution in [3.05, 3.63) is 77.0 Å². The Kier molecular flexibility index (Phi) is 11.5. The first-order chi connectivity index (χ1) is 19.5. The van der Waals surface area contributed by atoms with Crippen LogP contribution in [0.4, 0.5) is 10.5 Å². The van der Waals surface area contributed by atoms with Gasteiger partial charge >= 0.3 is 6.09 Å². The number of halogens is 1. The second-order valence-electron chi connectivity index (χ2n) is 10.7.